The summed E-state index contributed by atoms with van der Waals surface area (Å²) in [5.74, 6) is 1.20. The maximum atomic E-state index is 9.13. The second kappa shape index (κ2) is 10.6. The summed E-state index contributed by atoms with van der Waals surface area (Å²) >= 11 is 0. The topological polar surface area (TPSA) is 71.9 Å². The molecule has 184 valence electrons. The summed E-state index contributed by atoms with van der Waals surface area (Å²) < 4.78 is 12.9. The first kappa shape index (κ1) is 25.6. The molecule has 0 amide bonds. The largest absolute Gasteiger partial charge is 0.439 e. The summed E-state index contributed by atoms with van der Waals surface area (Å²) in [5.41, 5.74) is 4.52. The van der Waals surface area contributed by atoms with E-state index < -0.39 is 8.32 Å². The van der Waals surface area contributed by atoms with Gasteiger partial charge in [-0.05, 0) is 53.4 Å². The zero-order valence-corrected chi connectivity index (χ0v) is 22.7. The summed E-state index contributed by atoms with van der Waals surface area (Å²) in [7, 11) is -2.02. The molecule has 0 radical (unpaired) electrons. The Kier molecular flexibility index (Phi) is 7.53. The molecule has 0 aliphatic carbocycles. The second-order valence-electron chi connectivity index (χ2n) is 10.5. The van der Waals surface area contributed by atoms with Crippen molar-refractivity contribution in [2.24, 2.45) is 0 Å². The summed E-state index contributed by atoms with van der Waals surface area (Å²) in [6, 6.07) is 26.5. The first-order valence-electron chi connectivity index (χ1n) is 12.3. The van der Waals surface area contributed by atoms with E-state index in [0.29, 0.717) is 29.5 Å². The van der Waals surface area contributed by atoms with Gasteiger partial charge in [0.25, 0.3) is 0 Å². The molecule has 1 unspecified atom stereocenters. The van der Waals surface area contributed by atoms with Crippen molar-refractivity contribution in [1.29, 1.82) is 5.26 Å². The normalized spacial score (nSPS) is 12.8. The number of aromatic nitrogens is 2. The number of nitrogens with zero attached hydrogens (tertiary/aromatic N) is 3. The van der Waals surface area contributed by atoms with Gasteiger partial charge in [0, 0.05) is 6.42 Å². The SMILES string of the molecule is CC(C)(C)[Si](C)(C)OC(CCc1ncc(-c2cccc(C#N)n2)o1)c1ccc(-c2ccccc2)cc1. The van der Waals surface area contributed by atoms with Crippen molar-refractivity contribution in [3.05, 3.63) is 96.1 Å². The molecule has 4 aromatic rings. The Labute approximate surface area is 214 Å². The maximum absolute atomic E-state index is 9.13. The monoisotopic (exact) mass is 495 g/mol. The van der Waals surface area contributed by atoms with Crippen LogP contribution in [-0.4, -0.2) is 18.3 Å². The number of rotatable bonds is 8. The number of nitriles is 1. The third-order valence-electron chi connectivity index (χ3n) is 6.92. The van der Waals surface area contributed by atoms with Gasteiger partial charge in [0.1, 0.15) is 17.5 Å². The highest BCUT2D eigenvalue weighted by Crippen LogP contribution is 2.41. The van der Waals surface area contributed by atoms with Crippen LogP contribution in [0.3, 0.4) is 0 Å². The van der Waals surface area contributed by atoms with Crippen LogP contribution >= 0.6 is 0 Å². The van der Waals surface area contributed by atoms with Crippen molar-refractivity contribution in [1.82, 2.24) is 9.97 Å². The lowest BCUT2D eigenvalue weighted by Gasteiger charge is -2.39. The molecule has 2 aromatic carbocycles. The molecule has 2 aromatic heterocycles. The first-order chi connectivity index (χ1) is 17.2. The van der Waals surface area contributed by atoms with Crippen LogP contribution in [0.1, 0.15) is 50.4 Å². The summed E-state index contributed by atoms with van der Waals surface area (Å²) in [6.07, 6.45) is 3.00. The average molecular weight is 496 g/mol. The number of hydrogen-bond donors (Lipinski definition) is 0. The van der Waals surface area contributed by atoms with E-state index in [0.717, 1.165) is 12.0 Å². The van der Waals surface area contributed by atoms with Crippen LogP contribution in [-0.2, 0) is 10.8 Å². The Morgan fingerprint density at radius 2 is 1.64 bits per heavy atom. The van der Waals surface area contributed by atoms with Gasteiger partial charge in [-0.2, -0.15) is 5.26 Å². The van der Waals surface area contributed by atoms with Crippen LogP contribution in [0, 0.1) is 11.3 Å². The van der Waals surface area contributed by atoms with Gasteiger partial charge in [-0.3, -0.25) is 0 Å². The molecule has 4 rings (SSSR count). The van der Waals surface area contributed by atoms with Crippen LogP contribution in [0.2, 0.25) is 18.1 Å². The van der Waals surface area contributed by atoms with Crippen LogP contribution in [0.25, 0.3) is 22.6 Å². The van der Waals surface area contributed by atoms with Crippen molar-refractivity contribution >= 4 is 8.32 Å². The third-order valence-corrected chi connectivity index (χ3v) is 11.4. The molecule has 6 heteroatoms. The fraction of sp³-hybridized carbons (Fsp3) is 0.300. The van der Waals surface area contributed by atoms with E-state index in [4.69, 9.17) is 14.1 Å². The van der Waals surface area contributed by atoms with Crippen molar-refractivity contribution in [2.75, 3.05) is 0 Å². The molecule has 36 heavy (non-hydrogen) atoms. The minimum absolute atomic E-state index is 0.0638. The van der Waals surface area contributed by atoms with Gasteiger partial charge < -0.3 is 8.84 Å². The molecule has 5 nitrogen and oxygen atoms in total. The van der Waals surface area contributed by atoms with E-state index in [2.05, 4.69) is 98.4 Å². The van der Waals surface area contributed by atoms with E-state index >= 15 is 0 Å². The summed E-state index contributed by atoms with van der Waals surface area (Å²) in [4.78, 5) is 8.79. The quantitative estimate of drug-likeness (QED) is 0.232. The van der Waals surface area contributed by atoms with Gasteiger partial charge in [0.15, 0.2) is 20.0 Å². The number of benzene rings is 2. The lowest BCUT2D eigenvalue weighted by Crippen LogP contribution is -2.42. The predicted molar refractivity (Wildman–Crippen MR) is 146 cm³/mol. The van der Waals surface area contributed by atoms with Gasteiger partial charge in [0.2, 0.25) is 0 Å². The Morgan fingerprint density at radius 3 is 2.31 bits per heavy atom. The predicted octanol–water partition coefficient (Wildman–Crippen LogP) is 7.97. The molecule has 0 bridgehead atoms. The van der Waals surface area contributed by atoms with E-state index in [1.165, 1.54) is 11.1 Å². The van der Waals surface area contributed by atoms with Crippen LogP contribution in [0.4, 0.5) is 0 Å². The van der Waals surface area contributed by atoms with Crippen molar-refractivity contribution in [3.8, 4) is 28.7 Å². The van der Waals surface area contributed by atoms with Gasteiger partial charge in [-0.1, -0.05) is 81.4 Å². The summed E-state index contributed by atoms with van der Waals surface area (Å²) in [6.45, 7) is 11.4. The van der Waals surface area contributed by atoms with E-state index in [1.807, 2.05) is 12.1 Å². The zero-order valence-electron chi connectivity index (χ0n) is 21.7. The van der Waals surface area contributed by atoms with Crippen LogP contribution in [0.5, 0.6) is 0 Å². The van der Waals surface area contributed by atoms with E-state index in [1.54, 1.807) is 18.3 Å². The molecule has 0 N–H and O–H groups in total. The van der Waals surface area contributed by atoms with Crippen molar-refractivity contribution in [2.45, 2.75) is 57.8 Å². The van der Waals surface area contributed by atoms with Gasteiger partial charge in [-0.15, -0.1) is 0 Å². The number of hydrogen-bond acceptors (Lipinski definition) is 5. The standard InChI is InChI=1S/C30H33N3O2Si/c1-30(2,3)36(4,5)35-27(24-16-14-23(15-17-24)22-10-7-6-8-11-22)18-19-29-32-21-28(34-29)26-13-9-12-25(20-31)33-26/h6-17,21,27H,18-19H2,1-5H3. The smallest absolute Gasteiger partial charge is 0.195 e. The number of oxazole rings is 1. The van der Waals surface area contributed by atoms with Gasteiger partial charge in [-0.25, -0.2) is 9.97 Å². The fourth-order valence-corrected chi connectivity index (χ4v) is 5.10. The first-order valence-corrected chi connectivity index (χ1v) is 15.2. The molecule has 0 aliphatic heterocycles. The molecule has 1 atom stereocenters. The highest BCUT2D eigenvalue weighted by atomic mass is 28.4. The Morgan fingerprint density at radius 1 is 0.944 bits per heavy atom. The Bertz CT molecular complexity index is 1330. The second-order valence-corrected chi connectivity index (χ2v) is 15.3. The Hall–Kier alpha value is -3.53. The lowest BCUT2D eigenvalue weighted by atomic mass is 10.00. The molecule has 0 saturated carbocycles. The molecule has 0 saturated heterocycles. The van der Waals surface area contributed by atoms with Gasteiger partial charge in [0.05, 0.1) is 12.3 Å². The highest BCUT2D eigenvalue weighted by Gasteiger charge is 2.39. The number of aryl methyl sites for hydroxylation is 1. The molecule has 0 aliphatic rings. The minimum Gasteiger partial charge on any atom is -0.439 e. The van der Waals surface area contributed by atoms with Crippen LogP contribution in [0.15, 0.2) is 83.4 Å². The Balaban J connectivity index is 1.55. The van der Waals surface area contributed by atoms with Crippen molar-refractivity contribution in [3.63, 3.8) is 0 Å². The molecule has 0 fully saturated rings. The third kappa shape index (κ3) is 5.99. The van der Waals surface area contributed by atoms with Crippen LogP contribution < -0.4 is 0 Å². The van der Waals surface area contributed by atoms with E-state index in [-0.39, 0.29) is 11.1 Å². The number of pyridine rings is 1. The molecular formula is C30H33N3O2Si. The van der Waals surface area contributed by atoms with Crippen molar-refractivity contribution < 1.29 is 8.84 Å². The van der Waals surface area contributed by atoms with Gasteiger partial charge >= 0.3 is 0 Å². The summed E-state index contributed by atoms with van der Waals surface area (Å²) in [5, 5.41) is 9.23. The minimum atomic E-state index is -2.02. The molecule has 0 spiro atoms. The fourth-order valence-electron chi connectivity index (χ4n) is 3.78. The average Bonchev–Trinajstić information content (AvgIpc) is 3.36. The molecular weight excluding hydrogens is 462 g/mol. The highest BCUT2D eigenvalue weighted by molar-refractivity contribution is 6.74. The van der Waals surface area contributed by atoms with E-state index in [9.17, 15) is 0 Å². The zero-order chi connectivity index (χ0) is 25.8. The molecule has 2 heterocycles. The lowest BCUT2D eigenvalue weighted by molar-refractivity contribution is 0.171. The maximum Gasteiger partial charge on any atom is 0.195 e.